The van der Waals surface area contributed by atoms with Crippen LogP contribution in [0.4, 0.5) is 13.2 Å². The molecule has 80 valence electrons. The van der Waals surface area contributed by atoms with Gasteiger partial charge >= 0.3 is 6.18 Å². The van der Waals surface area contributed by atoms with Crippen molar-refractivity contribution < 1.29 is 18.3 Å². The molecule has 15 heavy (non-hydrogen) atoms. The number of aromatic amines is 1. The zero-order valence-electron chi connectivity index (χ0n) is 7.42. The molecule has 0 unspecified atom stereocenters. The Kier molecular flexibility index (Phi) is 2.15. The minimum Gasteiger partial charge on any atom is -0.379 e. The predicted molar refractivity (Wildman–Crippen MR) is 47.1 cm³/mol. The first-order chi connectivity index (χ1) is 7.00. The van der Waals surface area contributed by atoms with Crippen LogP contribution >= 0.6 is 0 Å². The molecule has 6 heteroatoms. The van der Waals surface area contributed by atoms with Gasteiger partial charge in [0.05, 0.1) is 0 Å². The topological polar surface area (TPSA) is 48.9 Å². The van der Waals surface area contributed by atoms with E-state index in [0.29, 0.717) is 5.65 Å². The van der Waals surface area contributed by atoms with Crippen molar-refractivity contribution in [2.24, 2.45) is 0 Å². The van der Waals surface area contributed by atoms with E-state index in [0.717, 1.165) is 6.20 Å². The number of nitrogens with one attached hydrogen (secondary N) is 1. The lowest BCUT2D eigenvalue weighted by Crippen LogP contribution is -2.19. The number of H-pyrrole nitrogens is 1. The predicted octanol–water partition coefficient (Wildman–Crippen LogP) is 2.16. The second-order valence-electron chi connectivity index (χ2n) is 3.09. The van der Waals surface area contributed by atoms with E-state index >= 15 is 0 Å². The molecule has 2 N–H and O–H groups in total. The van der Waals surface area contributed by atoms with Crippen LogP contribution in [0.1, 0.15) is 11.7 Å². The number of aliphatic hydroxyl groups is 1. The van der Waals surface area contributed by atoms with Crippen LogP contribution in [0, 0.1) is 0 Å². The van der Waals surface area contributed by atoms with Gasteiger partial charge < -0.3 is 10.1 Å². The molecule has 0 aliphatic rings. The van der Waals surface area contributed by atoms with Gasteiger partial charge in [-0.1, -0.05) is 0 Å². The van der Waals surface area contributed by atoms with Gasteiger partial charge in [0, 0.05) is 23.3 Å². The molecule has 0 amide bonds. The van der Waals surface area contributed by atoms with Crippen LogP contribution in [-0.2, 0) is 0 Å². The summed E-state index contributed by atoms with van der Waals surface area (Å²) in [6.07, 6.45) is -4.56. The summed E-state index contributed by atoms with van der Waals surface area (Å²) in [5.41, 5.74) is 0.126. The molecule has 2 aromatic heterocycles. The van der Waals surface area contributed by atoms with E-state index in [2.05, 4.69) is 9.97 Å². The summed E-state index contributed by atoms with van der Waals surface area (Å²) in [5, 5.41) is 9.35. The van der Waals surface area contributed by atoms with Crippen LogP contribution < -0.4 is 0 Å². The molecular formula is C9H7F3N2O. The highest BCUT2D eigenvalue weighted by Crippen LogP contribution is 2.35. The Bertz CT molecular complexity index is 477. The fraction of sp³-hybridized carbons (Fsp3) is 0.222. The van der Waals surface area contributed by atoms with Gasteiger partial charge in [0.15, 0.2) is 6.10 Å². The van der Waals surface area contributed by atoms with E-state index in [1.54, 1.807) is 0 Å². The molecule has 0 saturated heterocycles. The SMILES string of the molecule is O[C@@H](c1c[nH]c2ncccc12)C(F)(F)F. The number of nitrogens with zero attached hydrogens (tertiary/aromatic N) is 1. The highest BCUT2D eigenvalue weighted by Gasteiger charge is 2.40. The fourth-order valence-electron chi connectivity index (χ4n) is 1.38. The number of pyridine rings is 1. The molecule has 0 aliphatic carbocycles. The van der Waals surface area contributed by atoms with Gasteiger partial charge in [0.1, 0.15) is 5.65 Å². The maximum Gasteiger partial charge on any atom is 0.418 e. The third-order valence-electron chi connectivity index (χ3n) is 2.09. The summed E-state index contributed by atoms with van der Waals surface area (Å²) in [6.45, 7) is 0. The molecule has 0 aromatic carbocycles. The van der Waals surface area contributed by atoms with Crippen molar-refractivity contribution in [3.8, 4) is 0 Å². The second kappa shape index (κ2) is 3.23. The number of aromatic nitrogens is 2. The van der Waals surface area contributed by atoms with Crippen molar-refractivity contribution in [2.75, 3.05) is 0 Å². The summed E-state index contributed by atoms with van der Waals surface area (Å²) in [5.74, 6) is 0. The third-order valence-corrected chi connectivity index (χ3v) is 2.09. The number of fused-ring (bicyclic) bond motifs is 1. The molecule has 0 fully saturated rings. The number of halogens is 3. The first kappa shape index (κ1) is 9.97. The average Bonchev–Trinajstić information content (AvgIpc) is 2.58. The molecule has 2 rings (SSSR count). The molecule has 2 heterocycles. The van der Waals surface area contributed by atoms with Crippen molar-refractivity contribution >= 4 is 11.0 Å². The van der Waals surface area contributed by atoms with Gasteiger partial charge in [-0.05, 0) is 12.1 Å². The standard InChI is InChI=1S/C9H7F3N2O/c10-9(11,12)7(15)6-4-14-8-5(6)2-1-3-13-8/h1-4,7,15H,(H,13,14)/t7-/m0/s1. The van der Waals surface area contributed by atoms with Crippen molar-refractivity contribution in [1.82, 2.24) is 9.97 Å². The quantitative estimate of drug-likeness (QED) is 0.767. The minimum absolute atomic E-state index is 0.203. The van der Waals surface area contributed by atoms with E-state index in [9.17, 15) is 13.2 Å². The van der Waals surface area contributed by atoms with Crippen LogP contribution in [0.2, 0.25) is 0 Å². The van der Waals surface area contributed by atoms with Crippen molar-refractivity contribution in [3.05, 3.63) is 30.1 Å². The molecule has 0 bridgehead atoms. The summed E-state index contributed by atoms with van der Waals surface area (Å²) in [6, 6.07) is 2.99. The zero-order valence-corrected chi connectivity index (χ0v) is 7.42. The molecule has 0 radical (unpaired) electrons. The number of aliphatic hydroxyl groups excluding tert-OH is 1. The highest BCUT2D eigenvalue weighted by molar-refractivity contribution is 5.79. The van der Waals surface area contributed by atoms with Crippen molar-refractivity contribution in [3.63, 3.8) is 0 Å². The minimum atomic E-state index is -4.66. The molecular weight excluding hydrogens is 209 g/mol. The van der Waals surface area contributed by atoms with Gasteiger partial charge in [-0.25, -0.2) is 4.98 Å². The van der Waals surface area contributed by atoms with E-state index < -0.39 is 12.3 Å². The van der Waals surface area contributed by atoms with E-state index in [4.69, 9.17) is 5.11 Å². The first-order valence-electron chi connectivity index (χ1n) is 4.17. The van der Waals surface area contributed by atoms with Crippen LogP contribution in [0.15, 0.2) is 24.5 Å². The van der Waals surface area contributed by atoms with Gasteiger partial charge in [-0.3, -0.25) is 0 Å². The summed E-state index contributed by atoms with van der Waals surface area (Å²) < 4.78 is 36.8. The maximum atomic E-state index is 12.3. The molecule has 0 spiro atoms. The van der Waals surface area contributed by atoms with E-state index in [-0.39, 0.29) is 10.9 Å². The van der Waals surface area contributed by atoms with Crippen LogP contribution in [0.5, 0.6) is 0 Å². The normalized spacial score (nSPS) is 14.4. The first-order valence-corrected chi connectivity index (χ1v) is 4.17. The van der Waals surface area contributed by atoms with Crippen molar-refractivity contribution in [2.45, 2.75) is 12.3 Å². The number of hydrogen-bond acceptors (Lipinski definition) is 2. The zero-order chi connectivity index (χ0) is 11.1. The Morgan fingerprint density at radius 1 is 1.40 bits per heavy atom. The van der Waals surface area contributed by atoms with Crippen LogP contribution in [-0.4, -0.2) is 21.3 Å². The van der Waals surface area contributed by atoms with Crippen LogP contribution in [0.3, 0.4) is 0 Å². The molecule has 2 aromatic rings. The molecule has 1 atom stereocenters. The Hall–Kier alpha value is -1.56. The Morgan fingerprint density at radius 3 is 2.80 bits per heavy atom. The smallest absolute Gasteiger partial charge is 0.379 e. The van der Waals surface area contributed by atoms with Crippen LogP contribution in [0.25, 0.3) is 11.0 Å². The molecule has 0 saturated carbocycles. The molecule has 0 aliphatic heterocycles. The van der Waals surface area contributed by atoms with E-state index in [1.165, 1.54) is 18.3 Å². The largest absolute Gasteiger partial charge is 0.418 e. The molecule has 3 nitrogen and oxygen atoms in total. The Morgan fingerprint density at radius 2 is 2.13 bits per heavy atom. The number of rotatable bonds is 1. The lowest BCUT2D eigenvalue weighted by molar-refractivity contribution is -0.206. The summed E-state index contributed by atoms with van der Waals surface area (Å²) in [7, 11) is 0. The Balaban J connectivity index is 2.53. The lowest BCUT2D eigenvalue weighted by Gasteiger charge is -2.13. The van der Waals surface area contributed by atoms with Gasteiger partial charge in [0.2, 0.25) is 0 Å². The fourth-order valence-corrected chi connectivity index (χ4v) is 1.38. The third kappa shape index (κ3) is 1.68. The monoisotopic (exact) mass is 216 g/mol. The van der Waals surface area contributed by atoms with Crippen molar-refractivity contribution in [1.29, 1.82) is 0 Å². The number of alkyl halides is 3. The maximum absolute atomic E-state index is 12.3. The summed E-state index contributed by atoms with van der Waals surface area (Å²) >= 11 is 0. The highest BCUT2D eigenvalue weighted by atomic mass is 19.4. The Labute approximate surface area is 82.6 Å². The second-order valence-corrected chi connectivity index (χ2v) is 3.09. The van der Waals surface area contributed by atoms with Gasteiger partial charge in [-0.2, -0.15) is 13.2 Å². The number of hydrogen-bond donors (Lipinski definition) is 2. The average molecular weight is 216 g/mol. The summed E-state index contributed by atoms with van der Waals surface area (Å²) in [4.78, 5) is 6.40. The van der Waals surface area contributed by atoms with E-state index in [1.807, 2.05) is 0 Å². The van der Waals surface area contributed by atoms with Gasteiger partial charge in [-0.15, -0.1) is 0 Å². The lowest BCUT2D eigenvalue weighted by atomic mass is 10.1. The van der Waals surface area contributed by atoms with Gasteiger partial charge in [0.25, 0.3) is 0 Å².